The Kier molecular flexibility index (Phi) is 7.80. The van der Waals surface area contributed by atoms with Crippen LogP contribution in [0.3, 0.4) is 0 Å². The van der Waals surface area contributed by atoms with E-state index in [1.807, 2.05) is 53.6 Å². The van der Waals surface area contributed by atoms with E-state index >= 15 is 0 Å². The highest BCUT2D eigenvalue weighted by Gasteiger charge is 2.29. The molecular weight excluding hydrogens is 444 g/mol. The largest absolute Gasteiger partial charge is 0.497 e. The van der Waals surface area contributed by atoms with E-state index < -0.39 is 12.1 Å². The lowest BCUT2D eigenvalue weighted by atomic mass is 9.90. The average Bonchev–Trinajstić information content (AvgIpc) is 3.29. The van der Waals surface area contributed by atoms with Crippen molar-refractivity contribution in [2.75, 3.05) is 27.3 Å². The minimum atomic E-state index is -0.688. The number of rotatable bonds is 9. The summed E-state index contributed by atoms with van der Waals surface area (Å²) in [5.41, 5.74) is 8.58. The molecule has 3 amide bonds. The fourth-order valence-electron chi connectivity index (χ4n) is 4.94. The van der Waals surface area contributed by atoms with Crippen LogP contribution in [-0.4, -0.2) is 55.2 Å². The van der Waals surface area contributed by atoms with Gasteiger partial charge in [-0.15, -0.1) is 0 Å². The number of aromatic nitrogens is 1. The van der Waals surface area contributed by atoms with Crippen molar-refractivity contribution < 1.29 is 19.1 Å². The molecule has 4 rings (SSSR count). The van der Waals surface area contributed by atoms with Crippen molar-refractivity contribution >= 4 is 22.8 Å². The highest BCUT2D eigenvalue weighted by Crippen LogP contribution is 2.27. The molecule has 1 aliphatic heterocycles. The van der Waals surface area contributed by atoms with Gasteiger partial charge in [0, 0.05) is 42.7 Å². The van der Waals surface area contributed by atoms with Crippen LogP contribution >= 0.6 is 0 Å². The van der Waals surface area contributed by atoms with Crippen LogP contribution in [0, 0.1) is 5.92 Å². The predicted molar refractivity (Wildman–Crippen MR) is 136 cm³/mol. The maximum absolute atomic E-state index is 13.3. The normalized spacial score (nSPS) is 15.1. The molecule has 8 nitrogen and oxygen atoms in total. The molecule has 2 heterocycles. The number of amides is 3. The van der Waals surface area contributed by atoms with Crippen LogP contribution < -0.4 is 20.5 Å². The Hall–Kier alpha value is -3.68. The number of fused-ring (bicyclic) bond motifs is 1. The zero-order valence-corrected chi connectivity index (χ0v) is 20.4. The first-order valence-electron chi connectivity index (χ1n) is 12.1. The minimum absolute atomic E-state index is 0.0786. The van der Waals surface area contributed by atoms with Crippen LogP contribution in [0.1, 0.15) is 30.4 Å². The number of primary amides is 1. The number of carbonyl (C=O) groups is 2. The van der Waals surface area contributed by atoms with Crippen molar-refractivity contribution in [3.8, 4) is 11.5 Å². The van der Waals surface area contributed by atoms with Gasteiger partial charge in [-0.1, -0.05) is 18.2 Å². The van der Waals surface area contributed by atoms with E-state index in [4.69, 9.17) is 15.2 Å². The Balaban J connectivity index is 1.34. The van der Waals surface area contributed by atoms with Gasteiger partial charge < -0.3 is 30.4 Å². The lowest BCUT2D eigenvalue weighted by molar-refractivity contribution is -0.134. The second-order valence-corrected chi connectivity index (χ2v) is 9.15. The number of methoxy groups -OCH3 is 2. The summed E-state index contributed by atoms with van der Waals surface area (Å²) < 4.78 is 10.8. The van der Waals surface area contributed by atoms with Gasteiger partial charge in [-0.25, -0.2) is 4.79 Å². The number of piperidine rings is 1. The highest BCUT2D eigenvalue weighted by atomic mass is 16.5. The Bertz CT molecular complexity index is 1140. The van der Waals surface area contributed by atoms with E-state index in [-0.39, 0.29) is 5.91 Å². The minimum Gasteiger partial charge on any atom is -0.497 e. The van der Waals surface area contributed by atoms with Crippen LogP contribution in [0.2, 0.25) is 0 Å². The number of aromatic amines is 1. The van der Waals surface area contributed by atoms with Gasteiger partial charge >= 0.3 is 6.03 Å². The van der Waals surface area contributed by atoms with Crippen molar-refractivity contribution in [2.24, 2.45) is 11.7 Å². The Morgan fingerprint density at radius 1 is 1.11 bits per heavy atom. The molecule has 3 aromatic rings. The number of carbonyl (C=O) groups excluding carboxylic acids is 2. The maximum atomic E-state index is 13.3. The molecule has 8 heteroatoms. The van der Waals surface area contributed by atoms with Gasteiger partial charge in [0.15, 0.2) is 0 Å². The number of ether oxygens (including phenoxy) is 2. The summed E-state index contributed by atoms with van der Waals surface area (Å²) in [6, 6.07) is 12.5. The number of hydrogen-bond donors (Lipinski definition) is 3. The molecule has 1 aromatic heterocycles. The zero-order chi connectivity index (χ0) is 24.8. The Morgan fingerprint density at radius 3 is 2.46 bits per heavy atom. The number of para-hydroxylation sites is 1. The zero-order valence-electron chi connectivity index (χ0n) is 20.4. The topological polar surface area (TPSA) is 110 Å². The van der Waals surface area contributed by atoms with Gasteiger partial charge in [0.05, 0.1) is 14.2 Å². The summed E-state index contributed by atoms with van der Waals surface area (Å²) in [6.45, 7) is 1.35. The van der Waals surface area contributed by atoms with Crippen LogP contribution in [0.25, 0.3) is 10.9 Å². The molecule has 186 valence electrons. The number of hydrogen-bond acceptors (Lipinski definition) is 4. The lowest BCUT2D eigenvalue weighted by Gasteiger charge is -2.34. The van der Waals surface area contributed by atoms with Crippen molar-refractivity contribution in [1.29, 1.82) is 0 Å². The van der Waals surface area contributed by atoms with Crippen molar-refractivity contribution in [2.45, 2.75) is 38.1 Å². The van der Waals surface area contributed by atoms with Crippen molar-refractivity contribution in [3.05, 3.63) is 59.8 Å². The number of H-pyrrole nitrogens is 1. The monoisotopic (exact) mass is 478 g/mol. The first-order valence-corrected chi connectivity index (χ1v) is 12.1. The van der Waals surface area contributed by atoms with Gasteiger partial charge in [0.25, 0.3) is 0 Å². The predicted octanol–water partition coefficient (Wildman–Crippen LogP) is 3.64. The van der Waals surface area contributed by atoms with Gasteiger partial charge in [-0.05, 0) is 60.9 Å². The van der Waals surface area contributed by atoms with E-state index in [0.717, 1.165) is 53.6 Å². The van der Waals surface area contributed by atoms with E-state index in [1.165, 1.54) is 5.56 Å². The van der Waals surface area contributed by atoms with Gasteiger partial charge in [0.2, 0.25) is 5.91 Å². The number of benzene rings is 2. The quantitative estimate of drug-likeness (QED) is 0.436. The molecule has 0 bridgehead atoms. The molecule has 0 saturated carbocycles. The van der Waals surface area contributed by atoms with Gasteiger partial charge in [-0.3, -0.25) is 4.79 Å². The fraction of sp³-hybridized carbons (Fsp3) is 0.407. The molecule has 1 atom stereocenters. The summed E-state index contributed by atoms with van der Waals surface area (Å²) in [5.74, 6) is 2.04. The third kappa shape index (κ3) is 6.07. The first kappa shape index (κ1) is 24.4. The molecule has 0 radical (unpaired) electrons. The van der Waals surface area contributed by atoms with E-state index in [0.29, 0.717) is 25.4 Å². The average molecular weight is 479 g/mol. The number of aryl methyl sites for hydroxylation is 1. The van der Waals surface area contributed by atoms with Crippen LogP contribution in [0.4, 0.5) is 4.79 Å². The third-order valence-electron chi connectivity index (χ3n) is 6.89. The Morgan fingerprint density at radius 2 is 1.80 bits per heavy atom. The van der Waals surface area contributed by atoms with Crippen molar-refractivity contribution in [3.63, 3.8) is 0 Å². The second kappa shape index (κ2) is 11.2. The van der Waals surface area contributed by atoms with Crippen molar-refractivity contribution in [1.82, 2.24) is 15.2 Å². The van der Waals surface area contributed by atoms with Crippen LogP contribution in [0.5, 0.6) is 11.5 Å². The Labute approximate surface area is 205 Å². The molecule has 0 aliphatic carbocycles. The van der Waals surface area contributed by atoms with Gasteiger partial charge in [-0.2, -0.15) is 0 Å². The molecular formula is C27H34N4O4. The van der Waals surface area contributed by atoms with Crippen LogP contribution in [-0.2, 0) is 17.6 Å². The van der Waals surface area contributed by atoms with E-state index in [1.54, 1.807) is 14.2 Å². The molecule has 1 fully saturated rings. The molecule has 0 unspecified atom stereocenters. The van der Waals surface area contributed by atoms with E-state index in [9.17, 15) is 9.59 Å². The highest BCUT2D eigenvalue weighted by molar-refractivity contribution is 5.89. The summed E-state index contributed by atoms with van der Waals surface area (Å²) >= 11 is 0. The molecule has 35 heavy (non-hydrogen) atoms. The summed E-state index contributed by atoms with van der Waals surface area (Å²) in [4.78, 5) is 30.1. The molecule has 0 spiro atoms. The third-order valence-corrected chi connectivity index (χ3v) is 6.89. The molecule has 2 aromatic carbocycles. The molecule has 1 aliphatic rings. The number of urea groups is 1. The molecule has 1 saturated heterocycles. The fourth-order valence-corrected chi connectivity index (χ4v) is 4.94. The SMILES string of the molecule is COc1cc(CCC2CCN(C(=O)[C@@H](Cc3c[nH]c4ccccc34)NC(N)=O)CC2)cc(OC)c1. The number of nitrogens with zero attached hydrogens (tertiary/aromatic N) is 1. The van der Waals surface area contributed by atoms with Crippen LogP contribution in [0.15, 0.2) is 48.7 Å². The summed E-state index contributed by atoms with van der Waals surface area (Å²) in [7, 11) is 3.31. The van der Waals surface area contributed by atoms with E-state index in [2.05, 4.69) is 10.3 Å². The lowest BCUT2D eigenvalue weighted by Crippen LogP contribution is -2.52. The maximum Gasteiger partial charge on any atom is 0.312 e. The summed E-state index contributed by atoms with van der Waals surface area (Å²) in [6.07, 6.45) is 6.12. The summed E-state index contributed by atoms with van der Waals surface area (Å²) in [5, 5.41) is 3.72. The standard InChI is InChI=1S/C27H34N4O4/c1-34-21-13-19(14-22(16-21)35-2)8-7-18-9-11-31(12-10-18)26(32)25(30-27(28)33)15-20-17-29-24-6-4-3-5-23(20)24/h3-6,13-14,16-18,25,29H,7-12,15H2,1-2H3,(H3,28,30,33)/t25-/m1/s1. The number of nitrogens with one attached hydrogen (secondary N) is 2. The molecule has 4 N–H and O–H groups in total. The van der Waals surface area contributed by atoms with Gasteiger partial charge in [0.1, 0.15) is 17.5 Å². The number of likely N-dealkylation sites (tertiary alicyclic amines) is 1. The smallest absolute Gasteiger partial charge is 0.312 e. The first-order chi connectivity index (χ1) is 17.0. The number of nitrogens with two attached hydrogens (primary N) is 1. The second-order valence-electron chi connectivity index (χ2n) is 9.15.